The Morgan fingerprint density at radius 2 is 1.14 bits per heavy atom. The molecule has 0 aliphatic heterocycles. The monoisotopic (exact) mass is 1260 g/mol. The van der Waals surface area contributed by atoms with Crippen molar-refractivity contribution in [1.29, 1.82) is 0 Å². The van der Waals surface area contributed by atoms with Gasteiger partial charge in [-0.3, -0.25) is 0 Å². The molecule has 0 saturated carbocycles. The third kappa shape index (κ3) is 9.67. The maximum absolute atomic E-state index is 10.0. The first-order chi connectivity index (χ1) is 47.2. The van der Waals surface area contributed by atoms with E-state index in [2.05, 4.69) is 39.0 Å². The number of nitrogens with zero attached hydrogens (tertiary/aromatic N) is 4. The van der Waals surface area contributed by atoms with Crippen LogP contribution in [-0.4, -0.2) is 22.2 Å². The van der Waals surface area contributed by atoms with E-state index < -0.39 is 150 Å². The summed E-state index contributed by atoms with van der Waals surface area (Å²) in [6, 6.07) is 27.8. The van der Waals surface area contributed by atoms with Crippen molar-refractivity contribution in [1.82, 2.24) is 14.1 Å². The zero-order valence-corrected chi connectivity index (χ0v) is 48.1. The van der Waals surface area contributed by atoms with E-state index in [-0.39, 0.29) is 82.3 Å². The minimum absolute atomic E-state index is 0. The fraction of sp³-hybridized carbons (Fsp3) is 0.108. The van der Waals surface area contributed by atoms with Gasteiger partial charge in [-0.05, 0) is 96.0 Å². The molecule has 0 bridgehead atoms. The molecule has 0 unspecified atom stereocenters. The van der Waals surface area contributed by atoms with Gasteiger partial charge in [0.05, 0.1) is 27.4 Å². The average Bonchev–Trinajstić information content (AvgIpc) is 0.809. The molecule has 398 valence electrons. The molecule has 0 aliphatic rings. The van der Waals surface area contributed by atoms with E-state index in [9.17, 15) is 19.2 Å². The Morgan fingerprint density at radius 1 is 0.519 bits per heavy atom. The SMILES string of the molecule is [2H]c1c([2H])c([2H])c(-c2ccc3c(c2)n(-c2[c-]c(Oc4[c-]c5c(cc4)c4ccccc4n5-c4cc(C(C)(C)C)ccn4)ccc2)c[n+]3-c2c(-c3cccc(C(C)(C)C)c3)cccc2[Si](c2c([2H])c([2H])c([2H])c([2H])c2[2H])(c2c([2H])c([2H])c([2H])c([2H])c2[2H])c2c([2H])c([2H])c([2H])c([2H])c2[2H])c([2H])c1[2H].[Pt]. The molecular formula is C74H61N4OPtSi-. The second kappa shape index (κ2) is 21.4. The molecule has 10 aromatic carbocycles. The van der Waals surface area contributed by atoms with Gasteiger partial charge in [0.2, 0.25) is 0 Å². The van der Waals surface area contributed by atoms with E-state index in [1.54, 1.807) is 76.3 Å². The van der Waals surface area contributed by atoms with Gasteiger partial charge in [-0.25, -0.2) is 9.55 Å². The summed E-state index contributed by atoms with van der Waals surface area (Å²) in [5.41, 5.74) is 4.23. The molecular weight excluding hydrogens is 1180 g/mol. The zero-order valence-electron chi connectivity index (χ0n) is 64.8. The summed E-state index contributed by atoms with van der Waals surface area (Å²) < 4.78 is 200. The van der Waals surface area contributed by atoms with Crippen LogP contribution in [0.1, 0.15) is 80.1 Å². The van der Waals surface area contributed by atoms with E-state index in [1.165, 1.54) is 12.1 Å². The maximum atomic E-state index is 10.0. The molecule has 3 heterocycles. The van der Waals surface area contributed by atoms with Gasteiger partial charge in [-0.1, -0.05) is 235 Å². The van der Waals surface area contributed by atoms with Crippen LogP contribution in [0.3, 0.4) is 0 Å². The smallest absolute Gasteiger partial charge is 0.253 e. The molecule has 0 radical (unpaired) electrons. The Morgan fingerprint density at radius 3 is 1.81 bits per heavy atom. The van der Waals surface area contributed by atoms with Gasteiger partial charge >= 0.3 is 0 Å². The first kappa shape index (κ1) is 34.5. The molecule has 0 spiro atoms. The quantitative estimate of drug-likeness (QED) is 0.0560. The molecule has 81 heavy (non-hydrogen) atoms. The molecule has 13 rings (SSSR count). The summed E-state index contributed by atoms with van der Waals surface area (Å²) in [6.45, 7) is 12.4. The molecule has 0 amide bonds. The second-order valence-corrected chi connectivity index (χ2v) is 25.0. The fourth-order valence-corrected chi connectivity index (χ4v) is 14.6. The summed E-state index contributed by atoms with van der Waals surface area (Å²) in [6.07, 6.45) is 3.38. The predicted octanol–water partition coefficient (Wildman–Crippen LogP) is 15.1. The van der Waals surface area contributed by atoms with Crippen molar-refractivity contribution in [3.63, 3.8) is 0 Å². The number of hydrogen-bond donors (Lipinski definition) is 0. The van der Waals surface area contributed by atoms with Crippen molar-refractivity contribution in [2.45, 2.75) is 52.4 Å². The molecule has 0 fully saturated rings. The van der Waals surface area contributed by atoms with Crippen LogP contribution in [0.15, 0.2) is 261 Å². The number of benzene rings is 10. The van der Waals surface area contributed by atoms with Crippen molar-refractivity contribution in [3.05, 3.63) is 284 Å². The van der Waals surface area contributed by atoms with Gasteiger partial charge in [0.15, 0.2) is 19.1 Å². The summed E-state index contributed by atoms with van der Waals surface area (Å²) in [5, 5.41) is -0.446. The van der Waals surface area contributed by atoms with E-state index in [1.807, 2.05) is 79.9 Å². The van der Waals surface area contributed by atoms with Crippen LogP contribution in [0, 0.1) is 12.1 Å². The summed E-state index contributed by atoms with van der Waals surface area (Å²) in [4.78, 5) is 4.83. The molecule has 5 nitrogen and oxygen atoms in total. The molecule has 0 saturated heterocycles. The number of para-hydroxylation sites is 2. The van der Waals surface area contributed by atoms with Crippen LogP contribution in [0.4, 0.5) is 0 Å². The number of pyridine rings is 1. The molecule has 7 heteroatoms. The molecule has 13 aromatic rings. The van der Waals surface area contributed by atoms with Gasteiger partial charge in [-0.15, -0.1) is 29.7 Å². The first-order valence-electron chi connectivity index (χ1n) is 36.0. The standard InChI is InChI=1S/C74H61N4OSi.Pt/c1-73(2,3)55-27-21-26-54(46-55)63-37-23-39-70(80(60-30-13-8-14-31-60,61-32-15-9-16-33-61)62-34-17-10-18-35-62)72(63)77-51-76(69-47-53(40-43-67(69)77)52-24-11-7-12-25-52)57-28-22-29-58(49-57)79-59-41-42-65-64-36-19-20-38-66(64)78(68(65)50-59)71-48-56(44-45-75-71)74(4,5)6;/h7-48,51H,1-6H3;/q-1;/i7D,8D,9D,10D,11D,12D,13D,14D,15D,16D,17D,18D,24D,25D,30D,31D,32D,33D,34D,35D;. The Kier molecular flexibility index (Phi) is 9.11. The van der Waals surface area contributed by atoms with Gasteiger partial charge in [0.25, 0.3) is 6.33 Å². The van der Waals surface area contributed by atoms with E-state index in [4.69, 9.17) is 17.9 Å². The largest absolute Gasteiger partial charge is 0.509 e. The molecule has 0 aliphatic carbocycles. The summed E-state index contributed by atoms with van der Waals surface area (Å²) in [5.74, 6) is 1.13. The minimum Gasteiger partial charge on any atom is -0.509 e. The van der Waals surface area contributed by atoms with Crippen molar-refractivity contribution in [2.75, 3.05) is 0 Å². The third-order valence-corrected chi connectivity index (χ3v) is 18.7. The van der Waals surface area contributed by atoms with E-state index >= 15 is 0 Å². The first-order valence-corrected chi connectivity index (χ1v) is 28.0. The van der Waals surface area contributed by atoms with Crippen LogP contribution >= 0.6 is 0 Å². The molecule has 0 atom stereocenters. The summed E-state index contributed by atoms with van der Waals surface area (Å²) in [7, 11) is -5.91. The number of aromatic nitrogens is 4. The normalized spacial score (nSPS) is 15.4. The minimum atomic E-state index is -5.91. The number of imidazole rings is 1. The van der Waals surface area contributed by atoms with Crippen molar-refractivity contribution < 1.29 is 57.8 Å². The van der Waals surface area contributed by atoms with Crippen LogP contribution in [0.25, 0.3) is 72.3 Å². The van der Waals surface area contributed by atoms with Gasteiger partial charge in [0.1, 0.15) is 11.5 Å². The van der Waals surface area contributed by atoms with Gasteiger partial charge in [0, 0.05) is 60.7 Å². The van der Waals surface area contributed by atoms with Crippen LogP contribution in [-0.2, 0) is 31.9 Å². The van der Waals surface area contributed by atoms with Gasteiger partial charge in [-0.2, -0.15) is 16.7 Å². The zero-order chi connectivity index (χ0) is 72.0. The Bertz CT molecular complexity index is 5380. The fourth-order valence-electron chi connectivity index (χ4n) is 10.6. The Balaban J connectivity index is 0.00000965. The third-order valence-electron chi connectivity index (χ3n) is 14.5. The Hall–Kier alpha value is -8.67. The number of hydrogen-bond acceptors (Lipinski definition) is 2. The number of ether oxygens (including phenoxy) is 1. The number of fused-ring (bicyclic) bond motifs is 4. The molecule has 3 aromatic heterocycles. The van der Waals surface area contributed by atoms with Crippen LogP contribution in [0.2, 0.25) is 0 Å². The number of rotatable bonds is 11. The van der Waals surface area contributed by atoms with Crippen LogP contribution < -0.4 is 30.1 Å². The van der Waals surface area contributed by atoms with E-state index in [0.717, 1.165) is 27.4 Å². The van der Waals surface area contributed by atoms with Crippen molar-refractivity contribution in [3.8, 4) is 50.9 Å². The van der Waals surface area contributed by atoms with Crippen molar-refractivity contribution >= 4 is 61.7 Å². The van der Waals surface area contributed by atoms with Crippen LogP contribution in [0.5, 0.6) is 11.5 Å². The van der Waals surface area contributed by atoms with Gasteiger partial charge < -0.3 is 9.30 Å². The van der Waals surface area contributed by atoms with E-state index in [0.29, 0.717) is 16.9 Å². The Labute approximate surface area is 518 Å². The van der Waals surface area contributed by atoms with Crippen molar-refractivity contribution in [2.24, 2.45) is 0 Å². The summed E-state index contributed by atoms with van der Waals surface area (Å²) >= 11 is 0. The second-order valence-electron chi connectivity index (χ2n) is 21.4. The topological polar surface area (TPSA) is 35.9 Å². The predicted molar refractivity (Wildman–Crippen MR) is 333 cm³/mol. The maximum Gasteiger partial charge on any atom is 0.253 e. The molecule has 0 N–H and O–H groups in total. The average molecular weight is 1270 g/mol.